The maximum atomic E-state index is 11.9. The minimum absolute atomic E-state index is 0.115. The van der Waals surface area contributed by atoms with Gasteiger partial charge in [-0.25, -0.2) is 4.79 Å². The van der Waals surface area contributed by atoms with Crippen LogP contribution in [0.2, 0.25) is 0 Å². The average molecular weight is 226 g/mol. The van der Waals surface area contributed by atoms with Gasteiger partial charge in [0.05, 0.1) is 0 Å². The van der Waals surface area contributed by atoms with Gasteiger partial charge < -0.3 is 15.4 Å². The highest BCUT2D eigenvalue weighted by Gasteiger charge is 2.49. The van der Waals surface area contributed by atoms with Crippen molar-refractivity contribution in [3.05, 3.63) is 0 Å². The van der Waals surface area contributed by atoms with E-state index >= 15 is 0 Å². The highest BCUT2D eigenvalue weighted by atomic mass is 16.6. The zero-order valence-electron chi connectivity index (χ0n) is 10.5. The van der Waals surface area contributed by atoms with Crippen molar-refractivity contribution >= 4 is 6.09 Å². The lowest BCUT2D eigenvalue weighted by molar-refractivity contribution is 0.0124. The van der Waals surface area contributed by atoms with Crippen LogP contribution in [0.4, 0.5) is 4.79 Å². The Morgan fingerprint density at radius 1 is 1.44 bits per heavy atom. The van der Waals surface area contributed by atoms with Gasteiger partial charge in [0.15, 0.2) is 0 Å². The van der Waals surface area contributed by atoms with E-state index in [0.29, 0.717) is 12.0 Å². The lowest BCUT2D eigenvalue weighted by Crippen LogP contribution is -2.51. The zero-order chi connectivity index (χ0) is 12.0. The lowest BCUT2D eigenvalue weighted by atomic mass is 9.92. The first kappa shape index (κ1) is 11.7. The fraction of sp³-hybridized carbons (Fsp3) is 0.917. The number of carbonyl (C=O) groups is 1. The third kappa shape index (κ3) is 2.67. The quantitative estimate of drug-likeness (QED) is 0.684. The number of nitrogens with two attached hydrogens (primary N) is 1. The number of hydrogen-bond donors (Lipinski definition) is 1. The molecule has 0 aromatic heterocycles. The summed E-state index contributed by atoms with van der Waals surface area (Å²) in [4.78, 5) is 13.7. The van der Waals surface area contributed by atoms with Crippen molar-refractivity contribution in [3.63, 3.8) is 0 Å². The van der Waals surface area contributed by atoms with E-state index in [0.717, 1.165) is 13.0 Å². The Bertz CT molecular complexity index is 292. The maximum Gasteiger partial charge on any atom is 0.410 e. The van der Waals surface area contributed by atoms with Crippen molar-refractivity contribution in [1.82, 2.24) is 4.90 Å². The maximum absolute atomic E-state index is 11.9. The topological polar surface area (TPSA) is 55.6 Å². The molecule has 1 saturated heterocycles. The molecule has 1 atom stereocenters. The minimum atomic E-state index is -0.421. The molecule has 4 heteroatoms. The molecule has 0 aromatic carbocycles. The van der Waals surface area contributed by atoms with Crippen LogP contribution >= 0.6 is 0 Å². The van der Waals surface area contributed by atoms with Gasteiger partial charge >= 0.3 is 6.09 Å². The molecular formula is C12H22N2O2. The van der Waals surface area contributed by atoms with Gasteiger partial charge in [0, 0.05) is 19.1 Å². The van der Waals surface area contributed by atoms with Gasteiger partial charge in [-0.15, -0.1) is 0 Å². The Morgan fingerprint density at radius 3 is 2.56 bits per heavy atom. The summed E-state index contributed by atoms with van der Waals surface area (Å²) in [7, 11) is 0. The second-order valence-corrected chi connectivity index (χ2v) is 6.33. The molecule has 0 bridgehead atoms. The Labute approximate surface area is 97.1 Å². The number of rotatable bonds is 0. The highest BCUT2D eigenvalue weighted by Crippen LogP contribution is 2.51. The molecule has 1 spiro atoms. The second kappa shape index (κ2) is 3.62. The standard InChI is InChI=1S/C12H22N2O2/c1-11(2,3)16-10(15)14-7-9(13)6-12(8-14)4-5-12/h9H,4-8,13H2,1-3H3/t9-/m1/s1. The molecule has 2 aliphatic rings. The number of carbonyl (C=O) groups excluding carboxylic acids is 1. The van der Waals surface area contributed by atoms with Crippen molar-refractivity contribution in [3.8, 4) is 0 Å². The monoisotopic (exact) mass is 226 g/mol. The van der Waals surface area contributed by atoms with Crippen LogP contribution in [0.5, 0.6) is 0 Å². The third-order valence-electron chi connectivity index (χ3n) is 3.29. The summed E-state index contributed by atoms with van der Waals surface area (Å²) in [6.07, 6.45) is 3.26. The Kier molecular flexibility index (Phi) is 2.65. The van der Waals surface area contributed by atoms with Crippen LogP contribution < -0.4 is 5.73 Å². The van der Waals surface area contributed by atoms with Crippen LogP contribution in [-0.2, 0) is 4.74 Å². The summed E-state index contributed by atoms with van der Waals surface area (Å²) >= 11 is 0. The first-order chi connectivity index (χ1) is 7.30. The van der Waals surface area contributed by atoms with Crippen molar-refractivity contribution in [2.24, 2.45) is 11.1 Å². The van der Waals surface area contributed by atoms with Crippen molar-refractivity contribution in [1.29, 1.82) is 0 Å². The Hall–Kier alpha value is -0.770. The molecule has 2 rings (SSSR count). The molecule has 1 amide bonds. The summed E-state index contributed by atoms with van der Waals surface area (Å²) < 4.78 is 5.38. The van der Waals surface area contributed by atoms with Gasteiger partial charge in [-0.1, -0.05) is 0 Å². The van der Waals surface area contributed by atoms with Crippen molar-refractivity contribution < 1.29 is 9.53 Å². The van der Waals surface area contributed by atoms with E-state index in [9.17, 15) is 4.79 Å². The molecule has 1 saturated carbocycles. The van der Waals surface area contributed by atoms with E-state index in [1.807, 2.05) is 20.8 Å². The van der Waals surface area contributed by atoms with E-state index in [2.05, 4.69) is 0 Å². The molecule has 16 heavy (non-hydrogen) atoms. The minimum Gasteiger partial charge on any atom is -0.444 e. The smallest absolute Gasteiger partial charge is 0.410 e. The normalized spacial score (nSPS) is 28.0. The van der Waals surface area contributed by atoms with Gasteiger partial charge in [0.1, 0.15) is 5.60 Å². The van der Waals surface area contributed by atoms with Crippen LogP contribution in [0.3, 0.4) is 0 Å². The second-order valence-electron chi connectivity index (χ2n) is 6.33. The van der Waals surface area contributed by atoms with Crippen LogP contribution in [0.1, 0.15) is 40.0 Å². The predicted molar refractivity (Wildman–Crippen MR) is 62.1 cm³/mol. The first-order valence-corrected chi connectivity index (χ1v) is 6.03. The van der Waals surface area contributed by atoms with Crippen molar-refractivity contribution in [2.45, 2.75) is 51.7 Å². The molecule has 0 unspecified atom stereocenters. The summed E-state index contributed by atoms with van der Waals surface area (Å²) in [6.45, 7) is 7.14. The number of amides is 1. The Morgan fingerprint density at radius 2 is 2.06 bits per heavy atom. The van der Waals surface area contributed by atoms with E-state index in [1.165, 1.54) is 12.8 Å². The van der Waals surface area contributed by atoms with Crippen LogP contribution in [0.25, 0.3) is 0 Å². The summed E-state index contributed by atoms with van der Waals surface area (Å²) in [6, 6.07) is 0.115. The predicted octanol–water partition coefficient (Wildman–Crippen LogP) is 1.73. The number of hydrogen-bond acceptors (Lipinski definition) is 3. The van der Waals surface area contributed by atoms with Crippen LogP contribution in [-0.4, -0.2) is 35.7 Å². The number of ether oxygens (including phenoxy) is 1. The molecular weight excluding hydrogens is 204 g/mol. The molecule has 1 aliphatic heterocycles. The number of likely N-dealkylation sites (tertiary alicyclic amines) is 1. The molecule has 0 aromatic rings. The molecule has 2 N–H and O–H groups in total. The fourth-order valence-corrected chi connectivity index (χ4v) is 2.44. The molecule has 92 valence electrons. The van der Waals surface area contributed by atoms with Crippen LogP contribution in [0, 0.1) is 5.41 Å². The SMILES string of the molecule is CC(C)(C)OC(=O)N1C[C@H](N)CC2(CC2)C1. The largest absolute Gasteiger partial charge is 0.444 e. The highest BCUT2D eigenvalue weighted by molar-refractivity contribution is 5.68. The average Bonchev–Trinajstić information content (AvgIpc) is 2.80. The summed E-state index contributed by atoms with van der Waals surface area (Å²) in [5, 5.41) is 0. The van der Waals surface area contributed by atoms with Gasteiger partial charge in [0.25, 0.3) is 0 Å². The number of piperidine rings is 1. The molecule has 4 nitrogen and oxygen atoms in total. The Balaban J connectivity index is 1.96. The molecule has 1 aliphatic carbocycles. The molecule has 2 fully saturated rings. The van der Waals surface area contributed by atoms with E-state index in [-0.39, 0.29) is 12.1 Å². The molecule has 1 heterocycles. The fourth-order valence-electron chi connectivity index (χ4n) is 2.44. The van der Waals surface area contributed by atoms with Crippen molar-refractivity contribution in [2.75, 3.05) is 13.1 Å². The molecule has 0 radical (unpaired) electrons. The van der Waals surface area contributed by atoms with E-state index in [1.54, 1.807) is 4.90 Å². The van der Waals surface area contributed by atoms with Gasteiger partial charge in [-0.3, -0.25) is 0 Å². The first-order valence-electron chi connectivity index (χ1n) is 6.03. The van der Waals surface area contributed by atoms with Gasteiger partial charge in [-0.05, 0) is 45.4 Å². The number of nitrogens with zero attached hydrogens (tertiary/aromatic N) is 1. The van der Waals surface area contributed by atoms with Gasteiger partial charge in [0.2, 0.25) is 0 Å². The zero-order valence-corrected chi connectivity index (χ0v) is 10.5. The van der Waals surface area contributed by atoms with Crippen LogP contribution in [0.15, 0.2) is 0 Å². The van der Waals surface area contributed by atoms with E-state index in [4.69, 9.17) is 10.5 Å². The summed E-state index contributed by atoms with van der Waals surface area (Å²) in [5.41, 5.74) is 5.90. The third-order valence-corrected chi connectivity index (χ3v) is 3.29. The lowest BCUT2D eigenvalue weighted by Gasteiger charge is -2.37. The van der Waals surface area contributed by atoms with E-state index < -0.39 is 5.60 Å². The summed E-state index contributed by atoms with van der Waals surface area (Å²) in [5.74, 6) is 0. The van der Waals surface area contributed by atoms with Gasteiger partial charge in [-0.2, -0.15) is 0 Å².